The first-order valence-electron chi connectivity index (χ1n) is 18.9. The molecule has 0 radical (unpaired) electrons. The van der Waals surface area contributed by atoms with Crippen molar-refractivity contribution in [2.45, 2.75) is 5.41 Å². The van der Waals surface area contributed by atoms with Gasteiger partial charge in [0.2, 0.25) is 0 Å². The lowest BCUT2D eigenvalue weighted by molar-refractivity contribution is 0.768. The van der Waals surface area contributed by atoms with Crippen LogP contribution in [0.5, 0.6) is 0 Å². The molecule has 0 saturated carbocycles. The van der Waals surface area contributed by atoms with Gasteiger partial charge in [0.15, 0.2) is 0 Å². The molecule has 1 nitrogen and oxygen atoms in total. The van der Waals surface area contributed by atoms with Gasteiger partial charge in [-0.2, -0.15) is 0 Å². The van der Waals surface area contributed by atoms with Crippen molar-refractivity contribution >= 4 is 59.3 Å². The Morgan fingerprint density at radius 2 is 0.891 bits per heavy atom. The monoisotopic (exact) mass is 717 g/mol. The molecule has 0 saturated heterocycles. The van der Waals surface area contributed by atoms with E-state index in [1.165, 1.54) is 75.5 Å². The van der Waals surface area contributed by atoms with Crippen molar-refractivity contribution in [3.05, 3.63) is 235 Å². The van der Waals surface area contributed by atoms with Crippen LogP contribution in [-0.2, 0) is 5.41 Å². The molecule has 1 heterocycles. The predicted octanol–water partition coefficient (Wildman–Crippen LogP) is 14.7. The lowest BCUT2D eigenvalue weighted by Crippen LogP contribution is -2.28. The van der Waals surface area contributed by atoms with E-state index in [9.17, 15) is 0 Å². The normalized spacial score (nSPS) is 12.9. The van der Waals surface area contributed by atoms with Gasteiger partial charge in [0.1, 0.15) is 0 Å². The van der Waals surface area contributed by atoms with Crippen molar-refractivity contribution < 1.29 is 0 Å². The zero-order valence-electron chi connectivity index (χ0n) is 30.1. The Morgan fingerprint density at radius 3 is 1.60 bits per heavy atom. The first-order valence-corrected chi connectivity index (χ1v) is 19.7. The van der Waals surface area contributed by atoms with Crippen LogP contribution in [0.2, 0.25) is 0 Å². The van der Waals surface area contributed by atoms with Gasteiger partial charge in [-0.15, -0.1) is 11.3 Å². The van der Waals surface area contributed by atoms with Crippen molar-refractivity contribution in [3.8, 4) is 22.3 Å². The van der Waals surface area contributed by atoms with Crippen molar-refractivity contribution in [1.82, 2.24) is 0 Å². The van der Waals surface area contributed by atoms with Gasteiger partial charge in [0.25, 0.3) is 0 Å². The molecule has 9 aromatic carbocycles. The molecule has 1 aliphatic rings. The van der Waals surface area contributed by atoms with E-state index in [2.05, 4.69) is 217 Å². The molecule has 0 amide bonds. The molecule has 0 unspecified atom stereocenters. The molecule has 1 aliphatic carbocycles. The summed E-state index contributed by atoms with van der Waals surface area (Å²) in [6.07, 6.45) is 0. The van der Waals surface area contributed by atoms with Gasteiger partial charge in [-0.1, -0.05) is 170 Å². The van der Waals surface area contributed by atoms with Crippen LogP contribution in [0.4, 0.5) is 17.1 Å². The Labute approximate surface area is 325 Å². The lowest BCUT2D eigenvalue weighted by Gasteiger charge is -2.34. The third-order valence-corrected chi connectivity index (χ3v) is 12.7. The Kier molecular flexibility index (Phi) is 7.33. The topological polar surface area (TPSA) is 3.24 Å². The summed E-state index contributed by atoms with van der Waals surface area (Å²) in [6, 6.07) is 78.2. The predicted molar refractivity (Wildman–Crippen MR) is 234 cm³/mol. The summed E-state index contributed by atoms with van der Waals surface area (Å²) in [5.41, 5.74) is 13.1. The van der Waals surface area contributed by atoms with E-state index in [1.807, 2.05) is 11.3 Å². The molecular formula is C53H35NS. The van der Waals surface area contributed by atoms with Crippen molar-refractivity contribution in [2.75, 3.05) is 4.90 Å². The molecule has 0 aliphatic heterocycles. The zero-order chi connectivity index (χ0) is 36.3. The fourth-order valence-electron chi connectivity index (χ4n) is 9.19. The maximum Gasteiger partial charge on any atom is 0.0713 e. The van der Waals surface area contributed by atoms with Gasteiger partial charge < -0.3 is 4.90 Å². The van der Waals surface area contributed by atoms with Gasteiger partial charge in [-0.25, -0.2) is 0 Å². The van der Waals surface area contributed by atoms with Gasteiger partial charge in [0.05, 0.1) is 11.1 Å². The highest BCUT2D eigenvalue weighted by Gasteiger charge is 2.45. The van der Waals surface area contributed by atoms with Gasteiger partial charge in [-0.05, 0) is 92.4 Å². The lowest BCUT2D eigenvalue weighted by atomic mass is 9.68. The number of benzene rings is 9. The molecule has 0 atom stereocenters. The highest BCUT2D eigenvalue weighted by Crippen LogP contribution is 2.56. The minimum atomic E-state index is -0.444. The fraction of sp³-hybridized carbons (Fsp3) is 0.0189. The summed E-state index contributed by atoms with van der Waals surface area (Å²) in [4.78, 5) is 2.44. The molecule has 0 spiro atoms. The van der Waals surface area contributed by atoms with Crippen LogP contribution in [0.15, 0.2) is 212 Å². The number of hydrogen-bond donors (Lipinski definition) is 0. The highest BCUT2D eigenvalue weighted by molar-refractivity contribution is 7.26. The number of fused-ring (bicyclic) bond motifs is 8. The van der Waals surface area contributed by atoms with Gasteiger partial charge >= 0.3 is 0 Å². The number of thiophene rings is 1. The smallest absolute Gasteiger partial charge is 0.0713 e. The second-order valence-corrected chi connectivity index (χ2v) is 15.5. The average Bonchev–Trinajstić information content (AvgIpc) is 3.80. The standard InChI is InChI=1S/C53H35NS/c1-3-14-36(15-4-1)37-26-30-40(31-27-37)54(49-24-13-21-45-44(49)34-35-51-52(45)46-20-9-12-25-50(46)55-51)41-32-28-39(29-33-41)53(38-16-5-2-6-17-38)47-22-10-7-18-42(47)43-19-8-11-23-48(43)53/h1-35H. The Balaban J connectivity index is 1.12. The summed E-state index contributed by atoms with van der Waals surface area (Å²) < 4.78 is 2.64. The van der Waals surface area contributed by atoms with Gasteiger partial charge in [0, 0.05) is 36.9 Å². The molecule has 55 heavy (non-hydrogen) atoms. The van der Waals surface area contributed by atoms with Crippen LogP contribution in [0, 0.1) is 0 Å². The van der Waals surface area contributed by atoms with Crippen LogP contribution in [-0.4, -0.2) is 0 Å². The van der Waals surface area contributed by atoms with E-state index in [1.54, 1.807) is 0 Å². The van der Waals surface area contributed by atoms with Crippen LogP contribution in [0.1, 0.15) is 22.3 Å². The number of nitrogens with zero attached hydrogens (tertiary/aromatic N) is 1. The van der Waals surface area contributed by atoms with E-state index in [0.29, 0.717) is 0 Å². The molecule has 0 N–H and O–H groups in total. The summed E-state index contributed by atoms with van der Waals surface area (Å²) in [5.74, 6) is 0. The summed E-state index contributed by atoms with van der Waals surface area (Å²) >= 11 is 1.87. The first kappa shape index (κ1) is 31.8. The third-order valence-electron chi connectivity index (χ3n) is 11.6. The zero-order valence-corrected chi connectivity index (χ0v) is 30.9. The van der Waals surface area contributed by atoms with Crippen molar-refractivity contribution in [3.63, 3.8) is 0 Å². The summed E-state index contributed by atoms with van der Waals surface area (Å²) in [7, 11) is 0. The Morgan fingerprint density at radius 1 is 0.345 bits per heavy atom. The molecule has 0 bridgehead atoms. The molecular weight excluding hydrogens is 683 g/mol. The average molecular weight is 718 g/mol. The minimum Gasteiger partial charge on any atom is -0.310 e. The van der Waals surface area contributed by atoms with E-state index >= 15 is 0 Å². The van der Waals surface area contributed by atoms with E-state index < -0.39 is 5.41 Å². The molecule has 2 heteroatoms. The molecule has 10 aromatic rings. The quantitative estimate of drug-likeness (QED) is 0.166. The molecule has 258 valence electrons. The Hall–Kier alpha value is -6.74. The molecule has 11 rings (SSSR count). The maximum absolute atomic E-state index is 2.44. The maximum atomic E-state index is 2.44. The highest BCUT2D eigenvalue weighted by atomic mass is 32.1. The SMILES string of the molecule is c1ccc(-c2ccc(N(c3ccc(C4(c5ccccc5)c5ccccc5-c5ccccc54)cc3)c3cccc4c3ccc3sc5ccccc5c34)cc2)cc1. The molecule has 0 fully saturated rings. The van der Waals surface area contributed by atoms with E-state index in [-0.39, 0.29) is 0 Å². The number of rotatable bonds is 6. The minimum absolute atomic E-state index is 0.444. The van der Waals surface area contributed by atoms with E-state index in [4.69, 9.17) is 0 Å². The largest absolute Gasteiger partial charge is 0.310 e. The number of anilines is 3. The second kappa shape index (κ2) is 12.7. The summed E-state index contributed by atoms with van der Waals surface area (Å²) in [5, 5.41) is 5.15. The molecule has 1 aromatic heterocycles. The van der Waals surface area contributed by atoms with Crippen LogP contribution >= 0.6 is 11.3 Å². The van der Waals surface area contributed by atoms with Crippen LogP contribution < -0.4 is 4.90 Å². The van der Waals surface area contributed by atoms with E-state index in [0.717, 1.165) is 17.1 Å². The van der Waals surface area contributed by atoms with Gasteiger partial charge in [-0.3, -0.25) is 0 Å². The number of hydrogen-bond acceptors (Lipinski definition) is 2. The van der Waals surface area contributed by atoms with Crippen molar-refractivity contribution in [2.24, 2.45) is 0 Å². The second-order valence-electron chi connectivity index (χ2n) is 14.4. The summed E-state index contributed by atoms with van der Waals surface area (Å²) in [6.45, 7) is 0. The van der Waals surface area contributed by atoms with Crippen molar-refractivity contribution in [1.29, 1.82) is 0 Å². The fourth-order valence-corrected chi connectivity index (χ4v) is 10.3. The Bertz CT molecular complexity index is 2970. The first-order chi connectivity index (χ1) is 27.3. The van der Waals surface area contributed by atoms with Crippen LogP contribution in [0.3, 0.4) is 0 Å². The third kappa shape index (κ3) is 4.85. The van der Waals surface area contributed by atoms with Crippen LogP contribution in [0.25, 0.3) is 53.2 Å².